The van der Waals surface area contributed by atoms with Gasteiger partial charge in [-0.05, 0) is 85.5 Å². The van der Waals surface area contributed by atoms with Gasteiger partial charge in [0.1, 0.15) is 34.4 Å². The third-order valence-corrected chi connectivity index (χ3v) is 10.00. The molecular weight excluding hydrogens is 674 g/mol. The number of amides is 1. The first-order valence-electron chi connectivity index (χ1n) is 15.4. The van der Waals surface area contributed by atoms with Crippen LogP contribution in [0.1, 0.15) is 41.8 Å². The lowest BCUT2D eigenvalue weighted by Gasteiger charge is -2.22. The number of hydrogen-bond acceptors (Lipinski definition) is 6. The van der Waals surface area contributed by atoms with Crippen LogP contribution in [-0.4, -0.2) is 41.0 Å². The molecule has 1 unspecified atom stereocenters. The molecule has 2 heterocycles. The van der Waals surface area contributed by atoms with Crippen LogP contribution in [0.4, 0.5) is 14.5 Å². The van der Waals surface area contributed by atoms with Crippen LogP contribution in [0.3, 0.4) is 0 Å². The fraction of sp³-hybridized carbons (Fsp3) is 0.216. The first kappa shape index (κ1) is 34.0. The van der Waals surface area contributed by atoms with E-state index in [1.165, 1.54) is 45.3 Å². The van der Waals surface area contributed by atoms with Crippen molar-refractivity contribution < 1.29 is 35.9 Å². The molecule has 0 aliphatic carbocycles. The maximum Gasteiger partial charge on any atom is 0.255 e. The van der Waals surface area contributed by atoms with Crippen LogP contribution in [0.25, 0.3) is 39.2 Å². The molecule has 1 aliphatic heterocycles. The highest BCUT2D eigenvalue weighted by Gasteiger charge is 2.28. The van der Waals surface area contributed by atoms with Gasteiger partial charge in [-0.2, -0.15) is 0 Å². The van der Waals surface area contributed by atoms with E-state index in [9.17, 15) is 22.0 Å². The zero-order chi connectivity index (χ0) is 35.2. The number of nitrogens with zero attached hydrogens (tertiary/aromatic N) is 1. The molecule has 12 heteroatoms. The minimum atomic E-state index is -3.79. The summed E-state index contributed by atoms with van der Waals surface area (Å²) in [5, 5.41) is 3.60. The predicted octanol–water partition coefficient (Wildman–Crippen LogP) is 8.77. The molecule has 0 spiro atoms. The van der Waals surface area contributed by atoms with Crippen LogP contribution in [0.2, 0.25) is 5.02 Å². The van der Waals surface area contributed by atoms with Crippen molar-refractivity contribution in [3.63, 3.8) is 0 Å². The number of carbonyl (C=O) groups is 1. The SMILES string of the molecule is CNC(=O)c1c(-c2ccc(F)cc2)oc2cc(N(C)S(C)(=O)=O)c(-c3ccc(OC(C)F)c(C4=C(C)CCc5c(Cl)cccc5O4)c3)cc12. The molecule has 6 rings (SSSR count). The number of allylic oxidation sites excluding steroid dienone is 1. The molecule has 1 aliphatic rings. The largest absolute Gasteiger partial charge is 0.460 e. The minimum Gasteiger partial charge on any atom is -0.460 e. The van der Waals surface area contributed by atoms with E-state index in [1.54, 1.807) is 42.5 Å². The maximum absolute atomic E-state index is 14.4. The van der Waals surface area contributed by atoms with Crippen molar-refractivity contribution in [1.82, 2.24) is 5.32 Å². The molecule has 0 saturated heterocycles. The number of furan rings is 1. The third-order valence-electron chi connectivity index (χ3n) is 8.45. The summed E-state index contributed by atoms with van der Waals surface area (Å²) < 4.78 is 73.5. The lowest BCUT2D eigenvalue weighted by atomic mass is 9.95. The normalized spacial score (nSPS) is 13.8. The average Bonchev–Trinajstić information content (AvgIpc) is 3.34. The molecule has 0 fully saturated rings. The van der Waals surface area contributed by atoms with E-state index in [1.807, 2.05) is 13.0 Å². The van der Waals surface area contributed by atoms with Crippen LogP contribution in [-0.2, 0) is 16.4 Å². The third kappa shape index (κ3) is 6.60. The number of sulfonamides is 1. The summed E-state index contributed by atoms with van der Waals surface area (Å²) in [6, 6.07) is 19.1. The van der Waals surface area contributed by atoms with Gasteiger partial charge in [0, 0.05) is 54.2 Å². The summed E-state index contributed by atoms with van der Waals surface area (Å²) in [7, 11) is -0.902. The number of benzene rings is 4. The number of nitrogens with one attached hydrogen (secondary N) is 1. The van der Waals surface area contributed by atoms with Crippen LogP contribution < -0.4 is 19.1 Å². The first-order chi connectivity index (χ1) is 23.3. The van der Waals surface area contributed by atoms with Gasteiger partial charge in [0.25, 0.3) is 5.91 Å². The van der Waals surface area contributed by atoms with Crippen molar-refractivity contribution in [2.24, 2.45) is 0 Å². The van der Waals surface area contributed by atoms with Crippen LogP contribution in [0, 0.1) is 5.82 Å². The van der Waals surface area contributed by atoms with Gasteiger partial charge in [0.05, 0.1) is 23.1 Å². The van der Waals surface area contributed by atoms with Gasteiger partial charge in [-0.1, -0.05) is 23.7 Å². The molecule has 49 heavy (non-hydrogen) atoms. The van der Waals surface area contributed by atoms with Crippen molar-refractivity contribution in [2.75, 3.05) is 24.7 Å². The molecule has 1 N–H and O–H groups in total. The molecule has 254 valence electrons. The van der Waals surface area contributed by atoms with Gasteiger partial charge in [-0.25, -0.2) is 17.2 Å². The van der Waals surface area contributed by atoms with Gasteiger partial charge < -0.3 is 19.2 Å². The lowest BCUT2D eigenvalue weighted by molar-refractivity contribution is 0.0854. The predicted molar refractivity (Wildman–Crippen MR) is 188 cm³/mol. The molecule has 0 radical (unpaired) electrons. The highest BCUT2D eigenvalue weighted by molar-refractivity contribution is 7.92. The molecule has 1 amide bonds. The van der Waals surface area contributed by atoms with Crippen molar-refractivity contribution in [1.29, 1.82) is 0 Å². The highest BCUT2D eigenvalue weighted by Crippen LogP contribution is 2.44. The molecule has 0 bridgehead atoms. The number of carbonyl (C=O) groups excluding carboxylic acids is 1. The number of alkyl halides is 1. The Kier molecular flexibility index (Phi) is 9.17. The Hall–Kier alpha value is -4.87. The fourth-order valence-corrected chi connectivity index (χ4v) is 6.66. The summed E-state index contributed by atoms with van der Waals surface area (Å²) in [6.45, 7) is 3.18. The topological polar surface area (TPSA) is 98.1 Å². The minimum absolute atomic E-state index is 0.185. The van der Waals surface area contributed by atoms with E-state index in [0.29, 0.717) is 57.0 Å². The number of hydrogen-bond donors (Lipinski definition) is 1. The monoisotopic (exact) mass is 706 g/mol. The van der Waals surface area contributed by atoms with Gasteiger partial charge in [0.15, 0.2) is 0 Å². The Morgan fingerprint density at radius 3 is 2.41 bits per heavy atom. The van der Waals surface area contributed by atoms with Crippen LogP contribution in [0.5, 0.6) is 11.5 Å². The van der Waals surface area contributed by atoms with E-state index in [2.05, 4.69) is 5.32 Å². The zero-order valence-corrected chi connectivity index (χ0v) is 28.9. The van der Waals surface area contributed by atoms with E-state index in [0.717, 1.165) is 21.7 Å². The molecular formula is C37H33ClF2N2O6S. The zero-order valence-electron chi connectivity index (χ0n) is 27.4. The van der Waals surface area contributed by atoms with Crippen LogP contribution >= 0.6 is 11.6 Å². The lowest BCUT2D eigenvalue weighted by Crippen LogP contribution is -2.25. The molecule has 5 aromatic rings. The summed E-state index contributed by atoms with van der Waals surface area (Å²) in [5.74, 6) is 0.493. The Bertz CT molecular complexity index is 2250. The summed E-state index contributed by atoms with van der Waals surface area (Å²) in [5.41, 5.74) is 4.21. The smallest absolute Gasteiger partial charge is 0.255 e. The van der Waals surface area contributed by atoms with Gasteiger partial charge in [0.2, 0.25) is 16.4 Å². The molecule has 4 aromatic carbocycles. The van der Waals surface area contributed by atoms with E-state index >= 15 is 0 Å². The summed E-state index contributed by atoms with van der Waals surface area (Å²) >= 11 is 6.51. The number of fused-ring (bicyclic) bond motifs is 2. The second-order valence-corrected chi connectivity index (χ2v) is 14.2. The van der Waals surface area contributed by atoms with E-state index in [-0.39, 0.29) is 28.3 Å². The fourth-order valence-electron chi connectivity index (χ4n) is 5.90. The van der Waals surface area contributed by atoms with E-state index in [4.69, 9.17) is 25.5 Å². The summed E-state index contributed by atoms with van der Waals surface area (Å²) in [4.78, 5) is 13.3. The van der Waals surface area contributed by atoms with Crippen molar-refractivity contribution >= 4 is 49.9 Å². The van der Waals surface area contributed by atoms with E-state index < -0.39 is 28.1 Å². The van der Waals surface area contributed by atoms with Crippen molar-refractivity contribution in [3.8, 4) is 33.9 Å². The van der Waals surface area contributed by atoms with Gasteiger partial charge in [-0.3, -0.25) is 9.10 Å². The second kappa shape index (κ2) is 13.2. The summed E-state index contributed by atoms with van der Waals surface area (Å²) in [6.07, 6.45) is 0.654. The highest BCUT2D eigenvalue weighted by atomic mass is 35.5. The molecule has 8 nitrogen and oxygen atoms in total. The van der Waals surface area contributed by atoms with Gasteiger partial charge in [-0.15, -0.1) is 0 Å². The first-order valence-corrected chi connectivity index (χ1v) is 17.6. The number of ether oxygens (including phenoxy) is 2. The standard InChI is InChI=1S/C37H33ClF2N2O6S/c1-20-9-15-25-29(38)7-6-8-31(25)47-35(20)28-17-23(12-16-32(28)46-21(2)39)26-18-27-33(19-30(26)42(4)49(5,44)45)48-36(34(27)37(43)41-3)22-10-13-24(40)14-11-22/h6-8,10-14,16-19,21H,9,15H2,1-5H3,(H,41,43). The second-order valence-electron chi connectivity index (χ2n) is 11.8. The Balaban J connectivity index is 1.62. The van der Waals surface area contributed by atoms with Crippen LogP contribution in [0.15, 0.2) is 82.8 Å². The van der Waals surface area contributed by atoms with Crippen molar-refractivity contribution in [3.05, 3.63) is 106 Å². The maximum atomic E-state index is 14.4. The molecule has 0 saturated carbocycles. The Morgan fingerprint density at radius 2 is 1.73 bits per heavy atom. The Labute approximate surface area is 287 Å². The molecule has 1 atom stereocenters. The molecule has 1 aromatic heterocycles. The number of anilines is 1. The average molecular weight is 707 g/mol. The Morgan fingerprint density at radius 1 is 1.02 bits per heavy atom. The number of halogens is 3. The number of rotatable bonds is 8. The van der Waals surface area contributed by atoms with Crippen molar-refractivity contribution in [2.45, 2.75) is 33.0 Å². The quantitative estimate of drug-likeness (QED) is 0.173. The van der Waals surface area contributed by atoms with Gasteiger partial charge >= 0.3 is 0 Å².